The Morgan fingerprint density at radius 2 is 2.14 bits per heavy atom. The SMILES string of the molecule is CCCOc1cccc(C(=O)N(C)C2CCCCC2Cl)c1. The fourth-order valence-electron chi connectivity index (χ4n) is 2.80. The third-order valence-corrected chi connectivity index (χ3v) is 4.53. The van der Waals surface area contributed by atoms with Gasteiger partial charge in [0.25, 0.3) is 5.91 Å². The second kappa shape index (κ2) is 7.69. The van der Waals surface area contributed by atoms with Gasteiger partial charge >= 0.3 is 0 Å². The average molecular weight is 310 g/mol. The molecule has 0 bridgehead atoms. The van der Waals surface area contributed by atoms with Crippen molar-refractivity contribution in [2.75, 3.05) is 13.7 Å². The van der Waals surface area contributed by atoms with E-state index in [4.69, 9.17) is 16.3 Å². The molecule has 0 aliphatic heterocycles. The van der Waals surface area contributed by atoms with Gasteiger partial charge in [0, 0.05) is 18.7 Å². The summed E-state index contributed by atoms with van der Waals surface area (Å²) < 4.78 is 5.60. The van der Waals surface area contributed by atoms with Crippen molar-refractivity contribution >= 4 is 17.5 Å². The highest BCUT2D eigenvalue weighted by Crippen LogP contribution is 2.27. The highest BCUT2D eigenvalue weighted by atomic mass is 35.5. The molecule has 0 saturated heterocycles. The van der Waals surface area contributed by atoms with Gasteiger partial charge in [0.1, 0.15) is 5.75 Å². The van der Waals surface area contributed by atoms with Crippen LogP contribution in [0.15, 0.2) is 24.3 Å². The van der Waals surface area contributed by atoms with Crippen LogP contribution in [-0.2, 0) is 0 Å². The fraction of sp³-hybridized carbons (Fsp3) is 0.588. The van der Waals surface area contributed by atoms with Gasteiger partial charge in [-0.2, -0.15) is 0 Å². The first-order valence-electron chi connectivity index (χ1n) is 7.77. The minimum Gasteiger partial charge on any atom is -0.494 e. The average Bonchev–Trinajstić information content (AvgIpc) is 2.52. The van der Waals surface area contributed by atoms with Gasteiger partial charge < -0.3 is 9.64 Å². The molecule has 1 aliphatic rings. The Kier molecular flexibility index (Phi) is 5.92. The molecule has 0 radical (unpaired) electrons. The molecule has 2 rings (SSSR count). The number of amides is 1. The predicted molar refractivity (Wildman–Crippen MR) is 86.2 cm³/mol. The lowest BCUT2D eigenvalue weighted by Crippen LogP contribution is -2.44. The van der Waals surface area contributed by atoms with E-state index in [1.807, 2.05) is 31.3 Å². The summed E-state index contributed by atoms with van der Waals surface area (Å²) in [7, 11) is 1.85. The van der Waals surface area contributed by atoms with Gasteiger partial charge in [-0.3, -0.25) is 4.79 Å². The number of nitrogens with zero attached hydrogens (tertiary/aromatic N) is 1. The number of carbonyl (C=O) groups is 1. The minimum absolute atomic E-state index is 0.0227. The molecule has 116 valence electrons. The van der Waals surface area contributed by atoms with Crippen molar-refractivity contribution < 1.29 is 9.53 Å². The highest BCUT2D eigenvalue weighted by molar-refractivity contribution is 6.21. The van der Waals surface area contributed by atoms with E-state index in [9.17, 15) is 4.79 Å². The zero-order valence-corrected chi connectivity index (χ0v) is 13.6. The first-order valence-corrected chi connectivity index (χ1v) is 8.21. The lowest BCUT2D eigenvalue weighted by Gasteiger charge is -2.35. The van der Waals surface area contributed by atoms with E-state index in [0.717, 1.165) is 37.9 Å². The number of ether oxygens (including phenoxy) is 1. The van der Waals surface area contributed by atoms with E-state index in [1.165, 1.54) is 0 Å². The van der Waals surface area contributed by atoms with Gasteiger partial charge in [-0.05, 0) is 37.5 Å². The summed E-state index contributed by atoms with van der Waals surface area (Å²) >= 11 is 6.39. The van der Waals surface area contributed by atoms with Crippen molar-refractivity contribution in [3.8, 4) is 5.75 Å². The molecule has 2 atom stereocenters. The van der Waals surface area contributed by atoms with Gasteiger partial charge in [-0.1, -0.05) is 25.8 Å². The number of alkyl halides is 1. The third-order valence-electron chi connectivity index (χ3n) is 4.02. The lowest BCUT2D eigenvalue weighted by molar-refractivity contribution is 0.0700. The Balaban J connectivity index is 2.07. The lowest BCUT2D eigenvalue weighted by atomic mass is 9.93. The second-order valence-electron chi connectivity index (χ2n) is 5.66. The standard InChI is InChI=1S/C17H24ClNO2/c1-3-11-21-14-8-6-7-13(12-14)17(20)19(2)16-10-5-4-9-15(16)18/h6-8,12,15-16H,3-5,9-11H2,1-2H3. The number of carbonyl (C=O) groups excluding carboxylic acids is 1. The van der Waals surface area contributed by atoms with E-state index in [0.29, 0.717) is 12.2 Å². The van der Waals surface area contributed by atoms with Crippen LogP contribution < -0.4 is 4.74 Å². The molecule has 1 fully saturated rings. The van der Waals surface area contributed by atoms with Gasteiger partial charge in [0.05, 0.1) is 12.0 Å². The molecule has 0 N–H and O–H groups in total. The Hall–Kier alpha value is -1.22. The van der Waals surface area contributed by atoms with E-state index >= 15 is 0 Å². The molecule has 0 aromatic heterocycles. The molecule has 1 aliphatic carbocycles. The number of hydrogen-bond donors (Lipinski definition) is 0. The van der Waals surface area contributed by atoms with Gasteiger partial charge in [0.2, 0.25) is 0 Å². The molecule has 4 heteroatoms. The number of hydrogen-bond acceptors (Lipinski definition) is 2. The summed E-state index contributed by atoms with van der Waals surface area (Å²) in [6.45, 7) is 2.73. The summed E-state index contributed by atoms with van der Waals surface area (Å²) in [5.74, 6) is 0.775. The van der Waals surface area contributed by atoms with Crippen LogP contribution in [0.25, 0.3) is 0 Å². The smallest absolute Gasteiger partial charge is 0.254 e. The summed E-state index contributed by atoms with van der Waals surface area (Å²) in [6, 6.07) is 7.54. The highest BCUT2D eigenvalue weighted by Gasteiger charge is 2.29. The molecule has 0 spiro atoms. The Morgan fingerprint density at radius 3 is 2.86 bits per heavy atom. The first kappa shape index (κ1) is 16.2. The molecule has 2 unspecified atom stereocenters. The summed E-state index contributed by atoms with van der Waals surface area (Å²) in [4.78, 5) is 14.4. The fourth-order valence-corrected chi connectivity index (χ4v) is 3.24. The Morgan fingerprint density at radius 1 is 1.38 bits per heavy atom. The van der Waals surface area contributed by atoms with Crippen LogP contribution in [0.3, 0.4) is 0 Å². The molecule has 21 heavy (non-hydrogen) atoms. The maximum Gasteiger partial charge on any atom is 0.254 e. The predicted octanol–water partition coefficient (Wildman–Crippen LogP) is 4.10. The molecule has 1 saturated carbocycles. The van der Waals surface area contributed by atoms with Crippen LogP contribution in [-0.4, -0.2) is 35.9 Å². The van der Waals surface area contributed by atoms with Crippen LogP contribution in [0, 0.1) is 0 Å². The Bertz CT molecular complexity index is 478. The van der Waals surface area contributed by atoms with E-state index < -0.39 is 0 Å². The van der Waals surface area contributed by atoms with Crippen molar-refractivity contribution in [1.29, 1.82) is 0 Å². The summed E-state index contributed by atoms with van der Waals surface area (Å²) in [5, 5.41) is 0.0622. The zero-order valence-electron chi connectivity index (χ0n) is 12.8. The summed E-state index contributed by atoms with van der Waals surface area (Å²) in [5.41, 5.74) is 0.667. The van der Waals surface area contributed by atoms with Gasteiger partial charge in [-0.25, -0.2) is 0 Å². The quantitative estimate of drug-likeness (QED) is 0.766. The second-order valence-corrected chi connectivity index (χ2v) is 6.22. The molecular weight excluding hydrogens is 286 g/mol. The van der Waals surface area contributed by atoms with Crippen LogP contribution in [0.4, 0.5) is 0 Å². The molecular formula is C17H24ClNO2. The first-order chi connectivity index (χ1) is 10.1. The topological polar surface area (TPSA) is 29.5 Å². The Labute approximate surface area is 132 Å². The number of rotatable bonds is 5. The molecule has 3 nitrogen and oxygen atoms in total. The van der Waals surface area contributed by atoms with Gasteiger partial charge in [0.15, 0.2) is 0 Å². The molecule has 1 aromatic rings. The maximum absolute atomic E-state index is 12.6. The normalized spacial score (nSPS) is 21.9. The third kappa shape index (κ3) is 4.13. The van der Waals surface area contributed by atoms with Crippen LogP contribution >= 0.6 is 11.6 Å². The number of halogens is 1. The monoisotopic (exact) mass is 309 g/mol. The molecule has 0 heterocycles. The van der Waals surface area contributed by atoms with E-state index in [-0.39, 0.29) is 17.3 Å². The molecule has 1 aromatic carbocycles. The van der Waals surface area contributed by atoms with Crippen molar-refractivity contribution in [3.05, 3.63) is 29.8 Å². The van der Waals surface area contributed by atoms with E-state index in [2.05, 4.69) is 6.92 Å². The van der Waals surface area contributed by atoms with Crippen molar-refractivity contribution in [1.82, 2.24) is 4.90 Å². The van der Waals surface area contributed by atoms with Crippen molar-refractivity contribution in [3.63, 3.8) is 0 Å². The van der Waals surface area contributed by atoms with Crippen molar-refractivity contribution in [2.24, 2.45) is 0 Å². The minimum atomic E-state index is 0.0227. The van der Waals surface area contributed by atoms with E-state index in [1.54, 1.807) is 4.90 Å². The van der Waals surface area contributed by atoms with Crippen LogP contribution in [0.2, 0.25) is 0 Å². The number of benzene rings is 1. The molecule has 1 amide bonds. The maximum atomic E-state index is 12.6. The van der Waals surface area contributed by atoms with Gasteiger partial charge in [-0.15, -0.1) is 11.6 Å². The van der Waals surface area contributed by atoms with Crippen LogP contribution in [0.5, 0.6) is 5.75 Å². The summed E-state index contributed by atoms with van der Waals surface area (Å²) in [6.07, 6.45) is 5.23. The zero-order chi connectivity index (χ0) is 15.2. The van der Waals surface area contributed by atoms with Crippen molar-refractivity contribution in [2.45, 2.75) is 50.4 Å². The largest absolute Gasteiger partial charge is 0.494 e. The van der Waals surface area contributed by atoms with Crippen LogP contribution in [0.1, 0.15) is 49.4 Å².